The molecule has 0 heterocycles. The summed E-state index contributed by atoms with van der Waals surface area (Å²) in [5.41, 5.74) is 0.214. The van der Waals surface area contributed by atoms with Crippen LogP contribution in [0.4, 0.5) is 9.59 Å². The van der Waals surface area contributed by atoms with Gasteiger partial charge in [-0.15, -0.1) is 0 Å². The molecule has 8 heteroatoms. The minimum absolute atomic E-state index is 0.138. The lowest BCUT2D eigenvalue weighted by Crippen LogP contribution is -2.41. The Morgan fingerprint density at radius 3 is 0.943 bits per heavy atom. The summed E-state index contributed by atoms with van der Waals surface area (Å²) in [6.07, 6.45) is 19.8. The number of carbonyl (C=O) groups excluding carboxylic acids is 2. The Hall–Kier alpha value is -1.54. The zero-order chi connectivity index (χ0) is 39.4. The molecule has 2 amide bonds. The van der Waals surface area contributed by atoms with E-state index in [1.54, 1.807) is 0 Å². The molecule has 2 aliphatic carbocycles. The number of nitrogens with one attached hydrogen (secondary N) is 2. The first-order valence-corrected chi connectivity index (χ1v) is 22.4. The van der Waals surface area contributed by atoms with Gasteiger partial charge in [-0.2, -0.15) is 0 Å². The zero-order valence-electron chi connectivity index (χ0n) is 36.4. The van der Waals surface area contributed by atoms with Crippen molar-refractivity contribution in [3.8, 4) is 0 Å². The van der Waals surface area contributed by atoms with Gasteiger partial charge in [0.1, 0.15) is 13.2 Å². The molecular weight excluding hydrogens is 665 g/mol. The Bertz CT molecular complexity index is 892. The first-order valence-electron chi connectivity index (χ1n) is 22.4. The van der Waals surface area contributed by atoms with Gasteiger partial charge in [-0.25, -0.2) is 9.59 Å². The summed E-state index contributed by atoms with van der Waals surface area (Å²) < 4.78 is 24.3. The van der Waals surface area contributed by atoms with Gasteiger partial charge >= 0.3 is 12.2 Å². The monoisotopic (exact) mass is 751 g/mol. The first-order chi connectivity index (χ1) is 25.4. The highest BCUT2D eigenvalue weighted by molar-refractivity contribution is 5.68. The van der Waals surface area contributed by atoms with Crippen LogP contribution in [0.1, 0.15) is 191 Å². The molecule has 0 saturated heterocycles. The van der Waals surface area contributed by atoms with Crippen molar-refractivity contribution in [3.05, 3.63) is 0 Å². The minimum Gasteiger partial charge on any atom is -0.449 e. The van der Waals surface area contributed by atoms with Gasteiger partial charge in [0.2, 0.25) is 0 Å². The molecule has 0 aromatic rings. The van der Waals surface area contributed by atoms with E-state index >= 15 is 0 Å². The highest BCUT2D eigenvalue weighted by Gasteiger charge is 2.34. The zero-order valence-corrected chi connectivity index (χ0v) is 36.4. The van der Waals surface area contributed by atoms with Gasteiger partial charge in [-0.1, -0.05) is 69.2 Å². The largest absolute Gasteiger partial charge is 0.449 e. The van der Waals surface area contributed by atoms with Crippen LogP contribution in [0.2, 0.25) is 0 Å². The van der Waals surface area contributed by atoms with E-state index in [0.717, 1.165) is 129 Å². The summed E-state index contributed by atoms with van der Waals surface area (Å²) in [5.74, 6) is 1.43. The predicted octanol–water partition coefficient (Wildman–Crippen LogP) is 12.0. The molecule has 2 N–H and O–H groups in total. The van der Waals surface area contributed by atoms with E-state index in [0.29, 0.717) is 38.3 Å². The molecule has 0 aliphatic heterocycles. The van der Waals surface area contributed by atoms with Crippen LogP contribution in [0.25, 0.3) is 0 Å². The van der Waals surface area contributed by atoms with Gasteiger partial charge in [-0.05, 0) is 145 Å². The van der Waals surface area contributed by atoms with Crippen molar-refractivity contribution in [3.63, 3.8) is 0 Å². The highest BCUT2D eigenvalue weighted by atomic mass is 16.6. The molecule has 8 nitrogen and oxygen atoms in total. The molecule has 0 aromatic carbocycles. The standard InChI is InChI=1S/C45H86N2O6/c1-11-42(12-2,13-3)30-50-32-44(17-7,18-8)34-52-40(48)46-38-25-21-36(22-26-38)29-37-23-27-39(28-24-37)47-41(49)53-35-45(19-9,20-10)33-51-31-43(14-4,15-5)16-6/h36-39H,11-35H2,1-10H3,(H,46,48)(H,47,49). The lowest BCUT2D eigenvalue weighted by atomic mass is 9.76. The SMILES string of the molecule is CCC(CC)(CC)COCC(CC)(CC)COC(=O)NC1CCC(CC2CCC(NC(=O)OCC(CC)(CC)COCC(CC)(CC)CC)CC2)CC1. The quantitative estimate of drug-likeness (QED) is 0.0914. The summed E-state index contributed by atoms with van der Waals surface area (Å²) in [5, 5.41) is 6.37. The Balaban J connectivity index is 1.68. The fraction of sp³-hybridized carbons (Fsp3) is 0.956. The third-order valence-electron chi connectivity index (χ3n) is 15.2. The van der Waals surface area contributed by atoms with Gasteiger partial charge in [0, 0.05) is 22.9 Å². The second kappa shape index (κ2) is 24.2. The van der Waals surface area contributed by atoms with Gasteiger partial charge < -0.3 is 29.6 Å². The third-order valence-corrected chi connectivity index (χ3v) is 15.2. The lowest BCUT2D eigenvalue weighted by molar-refractivity contribution is -0.0399. The van der Waals surface area contributed by atoms with E-state index in [4.69, 9.17) is 18.9 Å². The molecule has 0 unspecified atom stereocenters. The first kappa shape index (κ1) is 47.6. The van der Waals surface area contributed by atoms with Gasteiger partial charge in [0.15, 0.2) is 0 Å². The lowest BCUT2D eigenvalue weighted by Gasteiger charge is -2.36. The molecule has 2 fully saturated rings. The van der Waals surface area contributed by atoms with E-state index in [1.165, 1.54) is 6.42 Å². The fourth-order valence-corrected chi connectivity index (χ4v) is 8.89. The third kappa shape index (κ3) is 15.1. The molecule has 0 aromatic heterocycles. The predicted molar refractivity (Wildman–Crippen MR) is 219 cm³/mol. The summed E-state index contributed by atoms with van der Waals surface area (Å²) in [6, 6.07) is 0.391. The van der Waals surface area contributed by atoms with Gasteiger partial charge in [0.25, 0.3) is 0 Å². The fourth-order valence-electron chi connectivity index (χ4n) is 8.89. The Morgan fingerprint density at radius 1 is 0.415 bits per heavy atom. The van der Waals surface area contributed by atoms with E-state index in [1.807, 2.05) is 0 Å². The van der Waals surface area contributed by atoms with Crippen LogP contribution >= 0.6 is 0 Å². The second-order valence-electron chi connectivity index (χ2n) is 17.6. The van der Waals surface area contributed by atoms with Crippen molar-refractivity contribution in [2.75, 3.05) is 39.6 Å². The average Bonchev–Trinajstić information content (AvgIpc) is 3.20. The Kier molecular flexibility index (Phi) is 21.7. The molecule has 2 saturated carbocycles. The van der Waals surface area contributed by atoms with Crippen LogP contribution in [-0.2, 0) is 18.9 Å². The Morgan fingerprint density at radius 2 is 0.679 bits per heavy atom. The molecule has 0 radical (unpaired) electrons. The number of rotatable bonds is 26. The van der Waals surface area contributed by atoms with E-state index in [9.17, 15) is 9.59 Å². The smallest absolute Gasteiger partial charge is 0.407 e. The molecule has 2 rings (SSSR count). The molecule has 0 spiro atoms. The number of amides is 2. The maximum Gasteiger partial charge on any atom is 0.407 e. The molecular formula is C45H86N2O6. The Labute approximate surface area is 327 Å². The van der Waals surface area contributed by atoms with Crippen molar-refractivity contribution in [1.82, 2.24) is 10.6 Å². The second-order valence-corrected chi connectivity index (χ2v) is 17.6. The number of carbonyl (C=O) groups is 2. The summed E-state index contributed by atoms with van der Waals surface area (Å²) in [7, 11) is 0. The number of ether oxygens (including phenoxy) is 4. The summed E-state index contributed by atoms with van der Waals surface area (Å²) in [4.78, 5) is 25.8. The van der Waals surface area contributed by atoms with Gasteiger partial charge in [-0.3, -0.25) is 0 Å². The molecule has 0 atom stereocenters. The maximum absolute atomic E-state index is 12.9. The van der Waals surface area contributed by atoms with E-state index < -0.39 is 0 Å². The normalized spacial score (nSPS) is 21.6. The number of hydrogen-bond donors (Lipinski definition) is 2. The van der Waals surface area contributed by atoms with Crippen molar-refractivity contribution in [1.29, 1.82) is 0 Å². The summed E-state index contributed by atoms with van der Waals surface area (Å²) in [6.45, 7) is 25.9. The van der Waals surface area contributed by atoms with Crippen LogP contribution in [-0.4, -0.2) is 63.9 Å². The molecule has 53 heavy (non-hydrogen) atoms. The van der Waals surface area contributed by atoms with Crippen LogP contribution in [0.5, 0.6) is 0 Å². The molecule has 312 valence electrons. The minimum atomic E-state index is -0.278. The van der Waals surface area contributed by atoms with Crippen molar-refractivity contribution in [2.24, 2.45) is 33.5 Å². The number of hydrogen-bond acceptors (Lipinski definition) is 6. The van der Waals surface area contributed by atoms with Crippen molar-refractivity contribution in [2.45, 2.75) is 203 Å². The van der Waals surface area contributed by atoms with Crippen LogP contribution in [0.3, 0.4) is 0 Å². The van der Waals surface area contributed by atoms with Crippen LogP contribution in [0.15, 0.2) is 0 Å². The van der Waals surface area contributed by atoms with E-state index in [-0.39, 0.29) is 45.9 Å². The molecule has 2 aliphatic rings. The van der Waals surface area contributed by atoms with Crippen molar-refractivity contribution < 1.29 is 28.5 Å². The summed E-state index contributed by atoms with van der Waals surface area (Å²) >= 11 is 0. The topological polar surface area (TPSA) is 95.1 Å². The maximum atomic E-state index is 12.9. The van der Waals surface area contributed by atoms with Crippen LogP contribution < -0.4 is 10.6 Å². The highest BCUT2D eigenvalue weighted by Crippen LogP contribution is 2.37. The van der Waals surface area contributed by atoms with Gasteiger partial charge in [0.05, 0.1) is 26.4 Å². The average molecular weight is 751 g/mol. The molecule has 0 bridgehead atoms. The van der Waals surface area contributed by atoms with Crippen LogP contribution in [0, 0.1) is 33.5 Å². The number of alkyl carbamates (subject to hydrolysis) is 2. The van der Waals surface area contributed by atoms with E-state index in [2.05, 4.69) is 79.9 Å². The van der Waals surface area contributed by atoms with Crippen molar-refractivity contribution >= 4 is 12.2 Å².